The van der Waals surface area contributed by atoms with Crippen molar-refractivity contribution in [1.29, 1.82) is 0 Å². The van der Waals surface area contributed by atoms with Gasteiger partial charge < -0.3 is 9.84 Å². The molecule has 108 valence electrons. The zero-order chi connectivity index (χ0) is 14.5. The monoisotopic (exact) mass is 338 g/mol. The van der Waals surface area contributed by atoms with E-state index in [4.69, 9.17) is 4.74 Å². The summed E-state index contributed by atoms with van der Waals surface area (Å²) < 4.78 is 8.32. The zero-order valence-corrected chi connectivity index (χ0v) is 13.3. The van der Waals surface area contributed by atoms with Crippen LogP contribution in [0.25, 0.3) is 0 Å². The molecule has 1 heterocycles. The van der Waals surface area contributed by atoms with Gasteiger partial charge in [-0.05, 0) is 35.3 Å². The van der Waals surface area contributed by atoms with E-state index in [1.807, 2.05) is 44.2 Å². The molecule has 0 fully saturated rings. The third-order valence-electron chi connectivity index (χ3n) is 3.10. The molecular formula is C15H19BrN2O2. The van der Waals surface area contributed by atoms with Crippen LogP contribution in [0.15, 0.2) is 34.8 Å². The lowest BCUT2D eigenvalue weighted by atomic mass is 10.2. The lowest BCUT2D eigenvalue weighted by molar-refractivity contribution is 0.0184. The Labute approximate surface area is 127 Å². The molecular weight excluding hydrogens is 320 g/mol. The Bertz CT molecular complexity index is 555. The summed E-state index contributed by atoms with van der Waals surface area (Å²) in [6.07, 6.45) is -0.566. The summed E-state index contributed by atoms with van der Waals surface area (Å²) in [5.41, 5.74) is 3.05. The summed E-state index contributed by atoms with van der Waals surface area (Å²) in [4.78, 5) is 0. The minimum Gasteiger partial charge on any atom is -0.389 e. The van der Waals surface area contributed by atoms with E-state index in [1.165, 1.54) is 0 Å². The lowest BCUT2D eigenvalue weighted by Crippen LogP contribution is -2.23. The fraction of sp³-hybridized carbons (Fsp3) is 0.400. The van der Waals surface area contributed by atoms with Crippen molar-refractivity contribution in [2.75, 3.05) is 6.61 Å². The summed E-state index contributed by atoms with van der Waals surface area (Å²) in [5.74, 6) is 0. The maximum Gasteiger partial charge on any atom is 0.0969 e. The maximum atomic E-state index is 10.0. The van der Waals surface area contributed by atoms with E-state index >= 15 is 0 Å². The van der Waals surface area contributed by atoms with Crippen LogP contribution in [0.2, 0.25) is 0 Å². The van der Waals surface area contributed by atoms with Crippen molar-refractivity contribution in [3.63, 3.8) is 0 Å². The van der Waals surface area contributed by atoms with Crippen molar-refractivity contribution in [2.24, 2.45) is 0 Å². The quantitative estimate of drug-likeness (QED) is 0.880. The number of aliphatic hydroxyl groups is 1. The van der Waals surface area contributed by atoms with Crippen molar-refractivity contribution in [2.45, 2.75) is 33.1 Å². The van der Waals surface area contributed by atoms with Crippen molar-refractivity contribution in [3.8, 4) is 0 Å². The maximum absolute atomic E-state index is 10.0. The molecule has 1 aromatic carbocycles. The molecule has 0 amide bonds. The molecule has 0 spiro atoms. The SMILES string of the molecule is Cc1nn(C[C@@H](O)COCc2ccccc2)c(C)c1Br. The van der Waals surface area contributed by atoms with Gasteiger partial charge in [-0.1, -0.05) is 30.3 Å². The van der Waals surface area contributed by atoms with Crippen molar-refractivity contribution in [3.05, 3.63) is 51.8 Å². The van der Waals surface area contributed by atoms with Crippen LogP contribution in [-0.4, -0.2) is 27.6 Å². The average Bonchev–Trinajstić information content (AvgIpc) is 2.67. The molecule has 2 rings (SSSR count). The first-order valence-electron chi connectivity index (χ1n) is 6.57. The summed E-state index contributed by atoms with van der Waals surface area (Å²) in [6.45, 7) is 5.16. The van der Waals surface area contributed by atoms with E-state index in [9.17, 15) is 5.11 Å². The fourth-order valence-corrected chi connectivity index (χ4v) is 2.28. The van der Waals surface area contributed by atoms with E-state index < -0.39 is 6.10 Å². The van der Waals surface area contributed by atoms with Gasteiger partial charge in [-0.2, -0.15) is 5.10 Å². The van der Waals surface area contributed by atoms with Crippen LogP contribution in [0.4, 0.5) is 0 Å². The molecule has 0 unspecified atom stereocenters. The van der Waals surface area contributed by atoms with Gasteiger partial charge >= 0.3 is 0 Å². The Morgan fingerprint density at radius 3 is 2.60 bits per heavy atom. The van der Waals surface area contributed by atoms with Gasteiger partial charge in [0, 0.05) is 5.69 Å². The Hall–Kier alpha value is -1.17. The van der Waals surface area contributed by atoms with E-state index in [2.05, 4.69) is 21.0 Å². The predicted molar refractivity (Wildman–Crippen MR) is 81.5 cm³/mol. The van der Waals surface area contributed by atoms with Gasteiger partial charge in [0.15, 0.2) is 0 Å². The number of hydrogen-bond donors (Lipinski definition) is 1. The molecule has 0 radical (unpaired) electrons. The van der Waals surface area contributed by atoms with Gasteiger partial charge in [0.2, 0.25) is 0 Å². The van der Waals surface area contributed by atoms with E-state index in [0.29, 0.717) is 19.8 Å². The van der Waals surface area contributed by atoms with Gasteiger partial charge in [-0.25, -0.2) is 0 Å². The van der Waals surface area contributed by atoms with Crippen molar-refractivity contribution < 1.29 is 9.84 Å². The van der Waals surface area contributed by atoms with Crippen LogP contribution in [0.1, 0.15) is 17.0 Å². The van der Waals surface area contributed by atoms with E-state index in [0.717, 1.165) is 21.4 Å². The topological polar surface area (TPSA) is 47.3 Å². The Morgan fingerprint density at radius 1 is 1.30 bits per heavy atom. The average molecular weight is 339 g/mol. The number of hydrogen-bond acceptors (Lipinski definition) is 3. The number of halogens is 1. The highest BCUT2D eigenvalue weighted by Crippen LogP contribution is 2.19. The molecule has 4 nitrogen and oxygen atoms in total. The number of aryl methyl sites for hydroxylation is 1. The second kappa shape index (κ2) is 7.02. The molecule has 0 saturated heterocycles. The van der Waals surface area contributed by atoms with Gasteiger partial charge in [0.05, 0.1) is 36.0 Å². The number of nitrogens with zero attached hydrogens (tertiary/aromatic N) is 2. The molecule has 1 aromatic heterocycles. The van der Waals surface area contributed by atoms with Gasteiger partial charge in [-0.3, -0.25) is 4.68 Å². The summed E-state index contributed by atoms with van der Waals surface area (Å²) in [6, 6.07) is 9.93. The molecule has 0 aliphatic rings. The smallest absolute Gasteiger partial charge is 0.0969 e. The molecule has 0 aliphatic carbocycles. The van der Waals surface area contributed by atoms with Gasteiger partial charge in [0.1, 0.15) is 0 Å². The molecule has 1 N–H and O–H groups in total. The first-order chi connectivity index (χ1) is 9.58. The highest BCUT2D eigenvalue weighted by atomic mass is 79.9. The minimum atomic E-state index is -0.566. The molecule has 0 saturated carbocycles. The summed E-state index contributed by atoms with van der Waals surface area (Å²) >= 11 is 3.48. The zero-order valence-electron chi connectivity index (χ0n) is 11.7. The number of aliphatic hydroxyl groups excluding tert-OH is 1. The van der Waals surface area contributed by atoms with Crippen LogP contribution in [0, 0.1) is 13.8 Å². The summed E-state index contributed by atoms with van der Waals surface area (Å²) in [5, 5.41) is 14.4. The Kier molecular flexibility index (Phi) is 5.34. The van der Waals surface area contributed by atoms with Crippen LogP contribution in [-0.2, 0) is 17.9 Å². The Morgan fingerprint density at radius 2 is 2.00 bits per heavy atom. The Balaban J connectivity index is 1.81. The molecule has 0 bridgehead atoms. The van der Waals surface area contributed by atoms with Crippen LogP contribution in [0.5, 0.6) is 0 Å². The number of ether oxygens (including phenoxy) is 1. The van der Waals surface area contributed by atoms with Crippen molar-refractivity contribution >= 4 is 15.9 Å². The first kappa shape index (κ1) is 15.2. The number of aromatic nitrogens is 2. The molecule has 20 heavy (non-hydrogen) atoms. The largest absolute Gasteiger partial charge is 0.389 e. The predicted octanol–water partition coefficient (Wildman–Crippen LogP) is 2.84. The molecule has 2 aromatic rings. The second-order valence-electron chi connectivity index (χ2n) is 4.82. The van der Waals surface area contributed by atoms with Crippen LogP contribution in [0.3, 0.4) is 0 Å². The molecule has 5 heteroatoms. The normalized spacial score (nSPS) is 12.6. The highest BCUT2D eigenvalue weighted by molar-refractivity contribution is 9.10. The number of benzene rings is 1. The molecule has 0 aliphatic heterocycles. The second-order valence-corrected chi connectivity index (χ2v) is 5.61. The van der Waals surface area contributed by atoms with Crippen molar-refractivity contribution in [1.82, 2.24) is 9.78 Å². The third-order valence-corrected chi connectivity index (χ3v) is 4.25. The molecule has 1 atom stereocenters. The number of rotatable bonds is 6. The van der Waals surface area contributed by atoms with Crippen LogP contribution < -0.4 is 0 Å². The lowest BCUT2D eigenvalue weighted by Gasteiger charge is -2.12. The first-order valence-corrected chi connectivity index (χ1v) is 7.36. The summed E-state index contributed by atoms with van der Waals surface area (Å²) in [7, 11) is 0. The standard InChI is InChI=1S/C15H19BrN2O2/c1-11-15(16)12(2)18(17-11)8-14(19)10-20-9-13-6-4-3-5-7-13/h3-7,14,19H,8-10H2,1-2H3/t14-/m1/s1. The van der Waals surface area contributed by atoms with E-state index in [-0.39, 0.29) is 0 Å². The van der Waals surface area contributed by atoms with Crippen LogP contribution >= 0.6 is 15.9 Å². The minimum absolute atomic E-state index is 0.296. The van der Waals surface area contributed by atoms with Gasteiger partial charge in [0.25, 0.3) is 0 Å². The van der Waals surface area contributed by atoms with E-state index in [1.54, 1.807) is 4.68 Å². The highest BCUT2D eigenvalue weighted by Gasteiger charge is 2.12. The fourth-order valence-electron chi connectivity index (χ4n) is 1.99. The van der Waals surface area contributed by atoms with Gasteiger partial charge in [-0.15, -0.1) is 0 Å². The third kappa shape index (κ3) is 3.91.